The average molecular weight is 518 g/mol. The van der Waals surface area contributed by atoms with Crippen LogP contribution >= 0.6 is 0 Å². The molecule has 2 spiro atoms. The van der Waals surface area contributed by atoms with Crippen molar-refractivity contribution in [3.63, 3.8) is 0 Å². The maximum atomic E-state index is 12.3. The van der Waals surface area contributed by atoms with E-state index in [1.54, 1.807) is 0 Å². The highest BCUT2D eigenvalue weighted by Crippen LogP contribution is 2.77. The molecule has 8 rings (SSSR count). The van der Waals surface area contributed by atoms with Crippen LogP contribution < -0.4 is 9.47 Å². The first-order chi connectivity index (χ1) is 18.0. The van der Waals surface area contributed by atoms with Gasteiger partial charge in [0, 0.05) is 35.5 Å². The van der Waals surface area contributed by atoms with Gasteiger partial charge in [-0.1, -0.05) is 57.2 Å². The Kier molecular flexibility index (Phi) is 5.10. The van der Waals surface area contributed by atoms with Gasteiger partial charge in [0.15, 0.2) is 11.5 Å². The molecule has 4 aliphatic carbocycles. The maximum absolute atomic E-state index is 12.3. The van der Waals surface area contributed by atoms with Crippen molar-refractivity contribution < 1.29 is 19.3 Å². The van der Waals surface area contributed by atoms with Crippen LogP contribution in [-0.4, -0.2) is 54.1 Å². The monoisotopic (exact) mass is 517 g/mol. The minimum Gasteiger partial charge on any atom is -0.485 e. The number of ether oxygens (including phenoxy) is 3. The molecule has 3 saturated carbocycles. The van der Waals surface area contributed by atoms with E-state index in [2.05, 4.69) is 69.1 Å². The van der Waals surface area contributed by atoms with E-state index in [1.807, 2.05) is 20.1 Å². The predicted octanol–water partition coefficient (Wildman–Crippen LogP) is 5.51. The lowest BCUT2D eigenvalue weighted by Crippen LogP contribution is -2.83. The third kappa shape index (κ3) is 2.78. The summed E-state index contributed by atoms with van der Waals surface area (Å²) in [6.45, 7) is 10.1. The number of benzene rings is 2. The molecule has 2 heterocycles. The van der Waals surface area contributed by atoms with Crippen molar-refractivity contribution in [1.29, 1.82) is 0 Å². The largest absolute Gasteiger partial charge is 0.485 e. The summed E-state index contributed by atoms with van der Waals surface area (Å²) in [6, 6.07) is 15.2. The number of nitrogens with zero attached hydrogens (tertiary/aromatic N) is 1. The number of hydrogen-bond donors (Lipinski definition) is 1. The van der Waals surface area contributed by atoms with E-state index in [-0.39, 0.29) is 28.3 Å². The van der Waals surface area contributed by atoms with Crippen molar-refractivity contribution in [2.45, 2.75) is 95.2 Å². The zero-order valence-electron chi connectivity index (χ0n) is 23.8. The molecule has 2 aromatic carbocycles. The second kappa shape index (κ2) is 7.77. The second-order valence-corrected chi connectivity index (χ2v) is 14.1. The van der Waals surface area contributed by atoms with E-state index in [9.17, 15) is 5.11 Å². The van der Waals surface area contributed by atoms with Gasteiger partial charge in [-0.05, 0) is 75.2 Å². The maximum Gasteiger partial charge on any atom is 0.166 e. The van der Waals surface area contributed by atoms with Crippen LogP contribution in [0.5, 0.6) is 11.5 Å². The summed E-state index contributed by atoms with van der Waals surface area (Å²) in [6.07, 6.45) is 4.95. The quantitative estimate of drug-likeness (QED) is 0.567. The molecule has 2 aromatic rings. The van der Waals surface area contributed by atoms with Gasteiger partial charge in [-0.3, -0.25) is 0 Å². The van der Waals surface area contributed by atoms with Crippen molar-refractivity contribution >= 4 is 0 Å². The highest BCUT2D eigenvalue weighted by molar-refractivity contribution is 5.63. The Morgan fingerprint density at radius 3 is 2.53 bits per heavy atom. The Bertz CT molecular complexity index is 1270. The molecule has 1 unspecified atom stereocenters. The Labute approximate surface area is 227 Å². The minimum absolute atomic E-state index is 0.0228. The molecule has 5 heteroatoms. The van der Waals surface area contributed by atoms with Crippen LogP contribution in [0.15, 0.2) is 42.5 Å². The summed E-state index contributed by atoms with van der Waals surface area (Å²) in [5.74, 6) is 1.76. The van der Waals surface area contributed by atoms with Crippen LogP contribution in [0.2, 0.25) is 0 Å². The molecule has 38 heavy (non-hydrogen) atoms. The van der Waals surface area contributed by atoms with Crippen LogP contribution in [0.1, 0.15) is 70.1 Å². The molecular weight excluding hydrogens is 474 g/mol. The Balaban J connectivity index is 1.41. The molecule has 7 atom stereocenters. The second-order valence-electron chi connectivity index (χ2n) is 14.1. The van der Waals surface area contributed by atoms with Gasteiger partial charge in [0.25, 0.3) is 0 Å². The van der Waals surface area contributed by atoms with Gasteiger partial charge in [0.1, 0.15) is 18.3 Å². The number of hydrogen-bond acceptors (Lipinski definition) is 5. The third-order valence-electron chi connectivity index (χ3n) is 12.0. The smallest absolute Gasteiger partial charge is 0.166 e. The Morgan fingerprint density at radius 1 is 1.05 bits per heavy atom. The van der Waals surface area contributed by atoms with Crippen LogP contribution in [0.3, 0.4) is 0 Å². The SMILES string of the molecule is CO[C@]12CC[C@@]3(C[C@@H]1C(C)(O)C(C)(C)C)[C@H]1Cc4ccc(OCc5ccccc5)c5c4[C@@]3(CCN1C)[C@H]2O5. The minimum atomic E-state index is -0.907. The number of likely N-dealkylation sites (N-methyl/N-ethyl adjacent to an activating group) is 1. The number of rotatable bonds is 5. The number of likely N-dealkylation sites (tertiary alicyclic amines) is 1. The summed E-state index contributed by atoms with van der Waals surface area (Å²) in [5, 5.41) is 12.3. The van der Waals surface area contributed by atoms with E-state index in [0.717, 1.165) is 55.7 Å². The number of aliphatic hydroxyl groups is 1. The number of piperidine rings is 1. The van der Waals surface area contributed by atoms with Crippen LogP contribution in [0.25, 0.3) is 0 Å². The fraction of sp³-hybridized carbons (Fsp3) is 0.636. The van der Waals surface area contributed by atoms with Gasteiger partial charge in [0.05, 0.1) is 5.60 Å². The van der Waals surface area contributed by atoms with Crippen molar-refractivity contribution in [3.05, 3.63) is 59.2 Å². The molecule has 1 saturated heterocycles. The molecule has 6 aliphatic rings. The summed E-state index contributed by atoms with van der Waals surface area (Å²) < 4.78 is 20.4. The van der Waals surface area contributed by atoms with E-state index in [4.69, 9.17) is 14.2 Å². The van der Waals surface area contributed by atoms with E-state index < -0.39 is 11.2 Å². The van der Waals surface area contributed by atoms with Crippen molar-refractivity contribution in [2.24, 2.45) is 16.7 Å². The van der Waals surface area contributed by atoms with E-state index >= 15 is 0 Å². The third-order valence-corrected chi connectivity index (χ3v) is 12.0. The lowest BCUT2D eigenvalue weighted by atomic mass is 9.33. The molecule has 0 amide bonds. The van der Waals surface area contributed by atoms with Gasteiger partial charge >= 0.3 is 0 Å². The predicted molar refractivity (Wildman–Crippen MR) is 148 cm³/mol. The molecule has 4 bridgehead atoms. The first kappa shape index (κ1) is 24.9. The van der Waals surface area contributed by atoms with E-state index in [1.165, 1.54) is 11.1 Å². The van der Waals surface area contributed by atoms with Gasteiger partial charge < -0.3 is 24.2 Å². The molecule has 4 fully saturated rings. The Morgan fingerprint density at radius 2 is 1.82 bits per heavy atom. The number of methoxy groups -OCH3 is 1. The molecule has 0 radical (unpaired) electrons. The lowest BCUT2D eigenvalue weighted by Gasteiger charge is -2.75. The molecule has 2 aliphatic heterocycles. The summed E-state index contributed by atoms with van der Waals surface area (Å²) >= 11 is 0. The van der Waals surface area contributed by atoms with Gasteiger partial charge in [0.2, 0.25) is 0 Å². The standard InChI is InChI=1S/C33H43NO4/c1-29(2,3)30(4,35)24-19-31-14-15-33(24,36-6)28-32(31)16-17-34(5)25(31)18-22-12-13-23(27(38-28)26(22)32)37-20-21-10-8-7-9-11-21/h7-13,24-25,28,35H,14-20H2,1-6H3/t24-,25-,28-,30?,31-,32+,33-/m1/s1. The molecule has 5 nitrogen and oxygen atoms in total. The van der Waals surface area contributed by atoms with Crippen molar-refractivity contribution in [3.8, 4) is 11.5 Å². The molecule has 0 aromatic heterocycles. The normalized spacial score (nSPS) is 38.3. The van der Waals surface area contributed by atoms with Crippen LogP contribution in [-0.2, 0) is 23.2 Å². The highest BCUT2D eigenvalue weighted by atomic mass is 16.6. The first-order valence-electron chi connectivity index (χ1n) is 14.5. The molecular formula is C33H43NO4. The fourth-order valence-electron chi connectivity index (χ4n) is 9.70. The van der Waals surface area contributed by atoms with E-state index in [0.29, 0.717) is 12.6 Å². The average Bonchev–Trinajstić information content (AvgIpc) is 3.27. The van der Waals surface area contributed by atoms with Crippen molar-refractivity contribution in [2.75, 3.05) is 20.7 Å². The van der Waals surface area contributed by atoms with Crippen LogP contribution in [0.4, 0.5) is 0 Å². The summed E-state index contributed by atoms with van der Waals surface area (Å²) in [7, 11) is 4.17. The zero-order chi connectivity index (χ0) is 26.7. The molecule has 204 valence electrons. The van der Waals surface area contributed by atoms with Crippen LogP contribution in [0, 0.1) is 16.7 Å². The number of fused-ring (bicyclic) bond motifs is 2. The summed E-state index contributed by atoms with van der Waals surface area (Å²) in [4.78, 5) is 2.61. The first-order valence-corrected chi connectivity index (χ1v) is 14.5. The highest BCUT2D eigenvalue weighted by Gasteiger charge is 2.82. The zero-order valence-corrected chi connectivity index (χ0v) is 23.8. The van der Waals surface area contributed by atoms with Gasteiger partial charge in [-0.25, -0.2) is 0 Å². The van der Waals surface area contributed by atoms with Gasteiger partial charge in [-0.2, -0.15) is 0 Å². The summed E-state index contributed by atoms with van der Waals surface area (Å²) in [5.41, 5.74) is 2.14. The fourth-order valence-corrected chi connectivity index (χ4v) is 9.70. The Hall–Kier alpha value is -2.08. The van der Waals surface area contributed by atoms with Crippen molar-refractivity contribution in [1.82, 2.24) is 4.90 Å². The van der Waals surface area contributed by atoms with Gasteiger partial charge in [-0.15, -0.1) is 0 Å². The molecule has 1 N–H and O–H groups in total. The topological polar surface area (TPSA) is 51.2 Å². The lowest BCUT2D eigenvalue weighted by molar-refractivity contribution is -0.311.